The zero-order chi connectivity index (χ0) is 16.1. The molecule has 22 heavy (non-hydrogen) atoms. The van der Waals surface area contributed by atoms with Gasteiger partial charge in [-0.05, 0) is 54.5 Å². The number of carbonyl (C=O) groups is 1. The number of carbonyl (C=O) groups excluding carboxylic acids is 1. The van der Waals surface area contributed by atoms with E-state index in [2.05, 4.69) is 6.92 Å². The number of benzene rings is 2. The zero-order valence-electron chi connectivity index (χ0n) is 13.3. The Bertz CT molecular complexity index is 677. The van der Waals surface area contributed by atoms with Gasteiger partial charge in [-0.25, -0.2) is 4.39 Å². The summed E-state index contributed by atoms with van der Waals surface area (Å²) in [5.74, 6) is -0.221. The van der Waals surface area contributed by atoms with Crippen molar-refractivity contribution in [1.29, 1.82) is 0 Å². The maximum Gasteiger partial charge on any atom is 0.163 e. The van der Waals surface area contributed by atoms with Gasteiger partial charge in [0.25, 0.3) is 0 Å². The second kappa shape index (κ2) is 7.39. The van der Waals surface area contributed by atoms with Gasteiger partial charge in [0.05, 0.1) is 0 Å². The van der Waals surface area contributed by atoms with Crippen molar-refractivity contribution < 1.29 is 14.3 Å². The van der Waals surface area contributed by atoms with E-state index in [0.717, 1.165) is 37.7 Å². The van der Waals surface area contributed by atoms with Gasteiger partial charge in [0.15, 0.2) is 5.78 Å². The summed E-state index contributed by atoms with van der Waals surface area (Å²) in [4.78, 5) is 12.6. The molecule has 1 N–H and O–H groups in total. The largest absolute Gasteiger partial charge is 0.507 e. The summed E-state index contributed by atoms with van der Waals surface area (Å²) >= 11 is 0. The van der Waals surface area contributed by atoms with Crippen molar-refractivity contribution in [2.24, 2.45) is 0 Å². The number of aryl methyl sites for hydroxylation is 1. The van der Waals surface area contributed by atoms with Gasteiger partial charge >= 0.3 is 0 Å². The highest BCUT2D eigenvalue weighted by Gasteiger charge is 2.18. The lowest BCUT2D eigenvalue weighted by Crippen LogP contribution is -2.06. The Morgan fingerprint density at radius 2 is 1.82 bits per heavy atom. The first-order valence-corrected chi connectivity index (χ1v) is 8.05. The van der Waals surface area contributed by atoms with Crippen molar-refractivity contribution >= 4 is 16.6 Å². The molecule has 0 heterocycles. The summed E-state index contributed by atoms with van der Waals surface area (Å²) in [5, 5.41) is 11.3. The highest BCUT2D eigenvalue weighted by atomic mass is 19.1. The number of phenols is 1. The fourth-order valence-corrected chi connectivity index (χ4v) is 2.79. The first-order chi connectivity index (χ1) is 10.6. The minimum atomic E-state index is -0.385. The maximum atomic E-state index is 13.7. The van der Waals surface area contributed by atoms with E-state index in [1.54, 1.807) is 12.1 Å². The van der Waals surface area contributed by atoms with E-state index in [9.17, 15) is 14.3 Å². The van der Waals surface area contributed by atoms with Gasteiger partial charge in [-0.15, -0.1) is 0 Å². The Morgan fingerprint density at radius 1 is 1.09 bits per heavy atom. The summed E-state index contributed by atoms with van der Waals surface area (Å²) in [6.07, 6.45) is 4.90. The predicted molar refractivity (Wildman–Crippen MR) is 88.0 cm³/mol. The smallest absolute Gasteiger partial charge is 0.163 e. The van der Waals surface area contributed by atoms with Gasteiger partial charge in [-0.1, -0.05) is 26.7 Å². The molecule has 2 aromatic carbocycles. The van der Waals surface area contributed by atoms with E-state index >= 15 is 0 Å². The molecule has 0 atom stereocenters. The summed E-state index contributed by atoms with van der Waals surface area (Å²) in [5.41, 5.74) is 1.42. The normalized spacial score (nSPS) is 11.0. The van der Waals surface area contributed by atoms with Crippen LogP contribution in [0, 0.1) is 5.82 Å². The van der Waals surface area contributed by atoms with Crippen molar-refractivity contribution in [1.82, 2.24) is 0 Å². The molecular formula is C19H23FO2. The van der Waals surface area contributed by atoms with E-state index in [4.69, 9.17) is 0 Å². The molecule has 2 nitrogen and oxygen atoms in total. The van der Waals surface area contributed by atoms with Crippen molar-refractivity contribution in [2.75, 3.05) is 0 Å². The molecule has 0 amide bonds. The number of halogens is 1. The van der Waals surface area contributed by atoms with E-state index in [0.29, 0.717) is 22.8 Å². The third kappa shape index (κ3) is 3.46. The molecule has 0 aromatic heterocycles. The fourth-order valence-electron chi connectivity index (χ4n) is 2.79. The Kier molecular flexibility index (Phi) is 5.53. The first-order valence-electron chi connectivity index (χ1n) is 8.05. The lowest BCUT2D eigenvalue weighted by molar-refractivity contribution is 0.0980. The summed E-state index contributed by atoms with van der Waals surface area (Å²) in [6.45, 7) is 4.12. The van der Waals surface area contributed by atoms with E-state index < -0.39 is 0 Å². The number of rotatable bonds is 7. The first kappa shape index (κ1) is 16.5. The van der Waals surface area contributed by atoms with E-state index in [1.165, 1.54) is 12.1 Å². The van der Waals surface area contributed by atoms with Crippen molar-refractivity contribution in [3.8, 4) is 5.75 Å². The van der Waals surface area contributed by atoms with Gasteiger partial charge in [0, 0.05) is 17.4 Å². The zero-order valence-corrected chi connectivity index (χ0v) is 13.3. The summed E-state index contributed by atoms with van der Waals surface area (Å²) in [6, 6.07) is 5.90. The lowest BCUT2D eigenvalue weighted by atomic mass is 9.90. The summed E-state index contributed by atoms with van der Waals surface area (Å²) in [7, 11) is 0. The second-order valence-electron chi connectivity index (χ2n) is 5.75. The number of phenolic OH excluding ortho intramolecular Hbond substituents is 1. The molecule has 0 aliphatic carbocycles. The second-order valence-corrected chi connectivity index (χ2v) is 5.75. The van der Waals surface area contributed by atoms with Crippen LogP contribution in [0.4, 0.5) is 4.39 Å². The van der Waals surface area contributed by atoms with Crippen molar-refractivity contribution in [3.05, 3.63) is 41.2 Å². The van der Waals surface area contributed by atoms with Crippen LogP contribution in [0.2, 0.25) is 0 Å². The third-order valence-electron chi connectivity index (χ3n) is 3.99. The Balaban J connectivity index is 2.62. The van der Waals surface area contributed by atoms with Crippen LogP contribution >= 0.6 is 0 Å². The third-order valence-corrected chi connectivity index (χ3v) is 3.99. The number of ketones is 1. The Labute approximate surface area is 131 Å². The van der Waals surface area contributed by atoms with E-state index in [-0.39, 0.29) is 17.3 Å². The lowest BCUT2D eigenvalue weighted by Gasteiger charge is -2.14. The van der Waals surface area contributed by atoms with Gasteiger partial charge < -0.3 is 5.11 Å². The van der Waals surface area contributed by atoms with E-state index in [1.807, 2.05) is 6.92 Å². The van der Waals surface area contributed by atoms with Gasteiger partial charge in [0.1, 0.15) is 11.6 Å². The molecule has 0 aliphatic heterocycles. The minimum Gasteiger partial charge on any atom is -0.507 e. The van der Waals surface area contributed by atoms with Crippen molar-refractivity contribution in [2.45, 2.75) is 52.4 Å². The SMILES string of the molecule is CCCCC(=O)c1c(CCCC)cc(O)c2ccc(F)cc12. The topological polar surface area (TPSA) is 37.3 Å². The number of unbranched alkanes of at least 4 members (excludes halogenated alkanes) is 2. The molecule has 2 rings (SSSR count). The number of fused-ring (bicyclic) bond motifs is 1. The monoisotopic (exact) mass is 302 g/mol. The molecule has 0 aliphatic rings. The molecule has 0 saturated carbocycles. The number of Topliss-reactive ketones (excluding diaryl/α,β-unsaturated/α-hetero) is 1. The van der Waals surface area contributed by atoms with Gasteiger partial charge in [-0.2, -0.15) is 0 Å². The number of hydrogen-bond acceptors (Lipinski definition) is 2. The molecular weight excluding hydrogens is 279 g/mol. The summed E-state index contributed by atoms with van der Waals surface area (Å²) < 4.78 is 13.7. The molecule has 0 bridgehead atoms. The average Bonchev–Trinajstić information content (AvgIpc) is 2.50. The highest BCUT2D eigenvalue weighted by Crippen LogP contribution is 2.33. The van der Waals surface area contributed by atoms with Gasteiger partial charge in [0.2, 0.25) is 0 Å². The van der Waals surface area contributed by atoms with Crippen LogP contribution in [0.25, 0.3) is 10.8 Å². The fraction of sp³-hybridized carbons (Fsp3) is 0.421. The minimum absolute atomic E-state index is 0.0450. The maximum absolute atomic E-state index is 13.7. The van der Waals surface area contributed by atoms with Crippen molar-refractivity contribution in [3.63, 3.8) is 0 Å². The van der Waals surface area contributed by atoms with Gasteiger partial charge in [-0.3, -0.25) is 4.79 Å². The highest BCUT2D eigenvalue weighted by molar-refractivity contribution is 6.10. The Hall–Kier alpha value is -1.90. The molecule has 0 unspecified atom stereocenters. The van der Waals surface area contributed by atoms with Crippen LogP contribution in [0.15, 0.2) is 24.3 Å². The quantitative estimate of drug-likeness (QED) is 0.695. The number of hydrogen-bond donors (Lipinski definition) is 1. The standard InChI is InChI=1S/C19H23FO2/c1-3-5-7-13-11-18(22)15-10-9-14(20)12-16(15)19(13)17(21)8-6-4-2/h9-12,22H,3-8H2,1-2H3. The van der Waals surface area contributed by atoms with Crippen LogP contribution in [0.3, 0.4) is 0 Å². The molecule has 0 saturated heterocycles. The average molecular weight is 302 g/mol. The van der Waals surface area contributed by atoms with Crippen LogP contribution in [0.1, 0.15) is 61.9 Å². The molecule has 3 heteroatoms. The Morgan fingerprint density at radius 3 is 2.50 bits per heavy atom. The molecule has 0 spiro atoms. The van der Waals surface area contributed by atoms with Crippen LogP contribution in [0.5, 0.6) is 5.75 Å². The predicted octanol–water partition coefficient (Wildman–Crippen LogP) is 5.40. The van der Waals surface area contributed by atoms with Crippen LogP contribution in [-0.2, 0) is 6.42 Å². The molecule has 118 valence electrons. The molecule has 0 fully saturated rings. The van der Waals surface area contributed by atoms with Crippen LogP contribution in [-0.4, -0.2) is 10.9 Å². The molecule has 2 aromatic rings. The van der Waals surface area contributed by atoms with Crippen LogP contribution < -0.4 is 0 Å². The number of aromatic hydroxyl groups is 1. The molecule has 0 radical (unpaired) electrons.